The highest BCUT2D eigenvalue weighted by Crippen LogP contribution is 2.48. The molecule has 3 atom stereocenters. The molecule has 1 aliphatic carbocycles. The molecule has 0 fully saturated rings. The van der Waals surface area contributed by atoms with Crippen LogP contribution in [0.3, 0.4) is 0 Å². The van der Waals surface area contributed by atoms with Crippen molar-refractivity contribution in [3.8, 4) is 11.5 Å². The number of allylic oxidation sites excluding steroid dienone is 1. The summed E-state index contributed by atoms with van der Waals surface area (Å²) in [6.07, 6.45) is 4.47. The number of aliphatic hydroxyl groups is 2. The van der Waals surface area contributed by atoms with E-state index in [2.05, 4.69) is 6.92 Å². The van der Waals surface area contributed by atoms with Crippen LogP contribution in [-0.4, -0.2) is 32.1 Å². The Balaban J connectivity index is 2.50. The number of halogens is 1. The van der Waals surface area contributed by atoms with Crippen molar-refractivity contribution in [3.63, 3.8) is 0 Å². The van der Waals surface area contributed by atoms with Crippen molar-refractivity contribution < 1.29 is 24.8 Å². The molecule has 4 nitrogen and oxygen atoms in total. The van der Waals surface area contributed by atoms with Crippen LogP contribution in [0.4, 0.5) is 4.39 Å². The Hall–Kier alpha value is -1.59. The molecule has 26 heavy (non-hydrogen) atoms. The van der Waals surface area contributed by atoms with Gasteiger partial charge in [0.15, 0.2) is 11.6 Å². The average molecular weight is 366 g/mol. The highest BCUT2D eigenvalue weighted by molar-refractivity contribution is 5.52. The summed E-state index contributed by atoms with van der Waals surface area (Å²) in [7, 11) is 0. The van der Waals surface area contributed by atoms with Crippen molar-refractivity contribution in [1.29, 1.82) is 0 Å². The van der Waals surface area contributed by atoms with Crippen LogP contribution in [0.15, 0.2) is 17.7 Å². The Bertz CT molecular complexity index is 676. The fourth-order valence-electron chi connectivity index (χ4n) is 3.87. The third kappa shape index (κ3) is 4.21. The molecule has 4 N–H and O–H groups in total. The number of phenols is 2. The predicted octanol–water partition coefficient (Wildman–Crippen LogP) is 4.15. The lowest BCUT2D eigenvalue weighted by atomic mass is 9.69. The van der Waals surface area contributed by atoms with Crippen LogP contribution >= 0.6 is 0 Å². The SMILES string of the molecule is CCCCCc1cc(O)c(C2C=C(C)C(O)CC2C(C)(C)O)c(O)c1F. The molecular weight excluding hydrogens is 335 g/mol. The van der Waals surface area contributed by atoms with Gasteiger partial charge in [-0.2, -0.15) is 0 Å². The van der Waals surface area contributed by atoms with E-state index in [1.165, 1.54) is 6.07 Å². The third-order valence-corrected chi connectivity index (χ3v) is 5.50. The van der Waals surface area contributed by atoms with E-state index in [9.17, 15) is 24.8 Å². The molecule has 5 heteroatoms. The first-order chi connectivity index (χ1) is 12.1. The molecule has 1 aliphatic rings. The zero-order valence-electron chi connectivity index (χ0n) is 16.1. The van der Waals surface area contributed by atoms with Gasteiger partial charge >= 0.3 is 0 Å². The summed E-state index contributed by atoms with van der Waals surface area (Å²) >= 11 is 0. The largest absolute Gasteiger partial charge is 0.507 e. The van der Waals surface area contributed by atoms with E-state index < -0.39 is 35.1 Å². The zero-order chi connectivity index (χ0) is 19.6. The van der Waals surface area contributed by atoms with Crippen molar-refractivity contribution in [1.82, 2.24) is 0 Å². The molecule has 0 saturated carbocycles. The summed E-state index contributed by atoms with van der Waals surface area (Å²) in [6.45, 7) is 7.05. The quantitative estimate of drug-likeness (QED) is 0.450. The molecule has 0 bridgehead atoms. The number of hydrogen-bond donors (Lipinski definition) is 4. The van der Waals surface area contributed by atoms with Gasteiger partial charge in [0.25, 0.3) is 0 Å². The van der Waals surface area contributed by atoms with E-state index in [1.54, 1.807) is 26.8 Å². The summed E-state index contributed by atoms with van der Waals surface area (Å²) in [4.78, 5) is 0. The smallest absolute Gasteiger partial charge is 0.168 e. The molecule has 0 spiro atoms. The van der Waals surface area contributed by atoms with Crippen molar-refractivity contribution in [2.24, 2.45) is 5.92 Å². The van der Waals surface area contributed by atoms with Gasteiger partial charge in [0.2, 0.25) is 0 Å². The van der Waals surface area contributed by atoms with Crippen LogP contribution < -0.4 is 0 Å². The van der Waals surface area contributed by atoms with Gasteiger partial charge < -0.3 is 20.4 Å². The topological polar surface area (TPSA) is 80.9 Å². The number of aliphatic hydroxyl groups excluding tert-OH is 1. The molecule has 3 unspecified atom stereocenters. The van der Waals surface area contributed by atoms with Gasteiger partial charge in [-0.25, -0.2) is 4.39 Å². The lowest BCUT2D eigenvalue weighted by molar-refractivity contribution is -0.0141. The maximum Gasteiger partial charge on any atom is 0.168 e. The van der Waals surface area contributed by atoms with E-state index in [-0.39, 0.29) is 17.7 Å². The van der Waals surface area contributed by atoms with Crippen LogP contribution in [0.1, 0.15) is 70.4 Å². The van der Waals surface area contributed by atoms with Crippen molar-refractivity contribution in [2.75, 3.05) is 0 Å². The Labute approximate surface area is 155 Å². The maximum atomic E-state index is 14.7. The van der Waals surface area contributed by atoms with E-state index in [0.29, 0.717) is 17.6 Å². The molecule has 146 valence electrons. The summed E-state index contributed by atoms with van der Waals surface area (Å²) in [5.74, 6) is -2.49. The second-order valence-electron chi connectivity index (χ2n) is 8.04. The van der Waals surface area contributed by atoms with Gasteiger partial charge in [-0.15, -0.1) is 0 Å². The zero-order valence-corrected chi connectivity index (χ0v) is 16.1. The minimum Gasteiger partial charge on any atom is -0.507 e. The van der Waals surface area contributed by atoms with Gasteiger partial charge in [0.1, 0.15) is 5.75 Å². The number of phenolic OH excluding ortho intramolecular Hbond substituents is 2. The molecule has 0 radical (unpaired) electrons. The summed E-state index contributed by atoms with van der Waals surface area (Å²) in [5, 5.41) is 41.7. The molecule has 2 rings (SSSR count). The number of aromatic hydroxyl groups is 2. The molecule has 1 aromatic carbocycles. The van der Waals surface area contributed by atoms with E-state index in [1.807, 2.05) is 0 Å². The predicted molar refractivity (Wildman–Crippen MR) is 99.9 cm³/mol. The molecule has 0 aliphatic heterocycles. The van der Waals surface area contributed by atoms with Gasteiger partial charge in [-0.3, -0.25) is 0 Å². The Kier molecular flexibility index (Phi) is 6.35. The number of rotatable bonds is 6. The molecule has 0 saturated heterocycles. The first-order valence-corrected chi connectivity index (χ1v) is 9.39. The molecular formula is C21H31FO4. The Morgan fingerprint density at radius 1 is 1.23 bits per heavy atom. The highest BCUT2D eigenvalue weighted by atomic mass is 19.1. The minimum absolute atomic E-state index is 0.0834. The van der Waals surface area contributed by atoms with Crippen molar-refractivity contribution in [2.45, 2.75) is 77.4 Å². The van der Waals surface area contributed by atoms with E-state index >= 15 is 0 Å². The fraction of sp³-hybridized carbons (Fsp3) is 0.619. The lowest BCUT2D eigenvalue weighted by Gasteiger charge is -2.40. The van der Waals surface area contributed by atoms with Crippen molar-refractivity contribution >= 4 is 0 Å². The Morgan fingerprint density at radius 3 is 2.46 bits per heavy atom. The average Bonchev–Trinajstić information content (AvgIpc) is 2.54. The number of benzene rings is 1. The lowest BCUT2D eigenvalue weighted by Crippen LogP contribution is -2.40. The highest BCUT2D eigenvalue weighted by Gasteiger charge is 2.41. The maximum absolute atomic E-state index is 14.7. The van der Waals surface area contributed by atoms with Gasteiger partial charge in [-0.1, -0.05) is 25.8 Å². The number of unbranched alkanes of at least 4 members (excludes halogenated alkanes) is 2. The van der Waals surface area contributed by atoms with Crippen LogP contribution in [0, 0.1) is 11.7 Å². The van der Waals surface area contributed by atoms with Crippen LogP contribution in [0.25, 0.3) is 0 Å². The first-order valence-electron chi connectivity index (χ1n) is 9.39. The molecule has 0 heterocycles. The number of hydrogen-bond acceptors (Lipinski definition) is 4. The van der Waals surface area contributed by atoms with Crippen LogP contribution in [0.5, 0.6) is 11.5 Å². The second-order valence-corrected chi connectivity index (χ2v) is 8.04. The molecule has 0 aromatic heterocycles. The Morgan fingerprint density at radius 2 is 1.88 bits per heavy atom. The molecule has 0 amide bonds. The third-order valence-electron chi connectivity index (χ3n) is 5.50. The monoisotopic (exact) mass is 366 g/mol. The number of aryl methyl sites for hydroxylation is 1. The first kappa shape index (κ1) is 20.7. The van der Waals surface area contributed by atoms with Gasteiger partial charge in [-0.05, 0) is 57.2 Å². The van der Waals surface area contributed by atoms with Crippen LogP contribution in [-0.2, 0) is 6.42 Å². The summed E-state index contributed by atoms with van der Waals surface area (Å²) in [6, 6.07) is 1.38. The van der Waals surface area contributed by atoms with E-state index in [0.717, 1.165) is 19.3 Å². The molecule has 1 aromatic rings. The van der Waals surface area contributed by atoms with Crippen molar-refractivity contribution in [3.05, 3.63) is 34.7 Å². The van der Waals surface area contributed by atoms with Crippen LogP contribution in [0.2, 0.25) is 0 Å². The van der Waals surface area contributed by atoms with Gasteiger partial charge in [0.05, 0.1) is 11.7 Å². The normalized spacial score (nSPS) is 23.8. The standard InChI is InChI=1S/C21H31FO4/c1-5-6-7-8-13-10-17(24)18(20(25)19(13)22)14-9-12(2)16(23)11-15(14)21(3,4)26/h9-10,14-16,23-26H,5-8,11H2,1-4H3. The summed E-state index contributed by atoms with van der Waals surface area (Å²) in [5.41, 5.74) is -0.103. The minimum atomic E-state index is -1.17. The fourth-order valence-corrected chi connectivity index (χ4v) is 3.87. The van der Waals surface area contributed by atoms with Gasteiger partial charge in [0, 0.05) is 17.4 Å². The second kappa shape index (κ2) is 7.97. The summed E-state index contributed by atoms with van der Waals surface area (Å²) < 4.78 is 14.7. The van der Waals surface area contributed by atoms with E-state index in [4.69, 9.17) is 0 Å².